The van der Waals surface area contributed by atoms with Gasteiger partial charge in [-0.15, -0.1) is 0 Å². The Kier molecular flexibility index (Phi) is 3.99. The third kappa shape index (κ3) is 3.12. The van der Waals surface area contributed by atoms with Crippen LogP contribution in [0, 0.1) is 10.1 Å². The zero-order valence-corrected chi connectivity index (χ0v) is 11.5. The first-order chi connectivity index (χ1) is 9.47. The molecule has 0 radical (unpaired) electrons. The smallest absolute Gasteiger partial charge is 0.335 e. The van der Waals surface area contributed by atoms with Crippen LogP contribution in [0.25, 0.3) is 0 Å². The predicted octanol–water partition coefficient (Wildman–Crippen LogP) is 3.85. The number of nitrogens with zero attached hydrogens (tertiary/aromatic N) is 1. The Balaban J connectivity index is 2.44. The summed E-state index contributed by atoms with van der Waals surface area (Å²) in [6.07, 6.45) is 0. The maximum atomic E-state index is 10.9. The second kappa shape index (κ2) is 5.70. The monoisotopic (exact) mass is 337 g/mol. The lowest BCUT2D eigenvalue weighted by atomic mass is 10.2. The molecule has 0 aromatic heterocycles. The van der Waals surface area contributed by atoms with Gasteiger partial charge in [-0.25, -0.2) is 4.79 Å². The van der Waals surface area contributed by atoms with E-state index < -0.39 is 10.9 Å². The topological polar surface area (TPSA) is 89.7 Å². The van der Waals surface area contributed by atoms with Crippen molar-refractivity contribution < 1.29 is 19.6 Å². The molecule has 0 saturated carbocycles. The minimum absolute atomic E-state index is 0.0828. The lowest BCUT2D eigenvalue weighted by Crippen LogP contribution is -1.99. The highest BCUT2D eigenvalue weighted by Crippen LogP contribution is 2.33. The van der Waals surface area contributed by atoms with E-state index in [2.05, 4.69) is 15.9 Å². The van der Waals surface area contributed by atoms with Crippen LogP contribution in [0.4, 0.5) is 5.69 Å². The Morgan fingerprint density at radius 2 is 2.00 bits per heavy atom. The third-order valence-electron chi connectivity index (χ3n) is 2.43. The molecule has 0 atom stereocenters. The molecule has 102 valence electrons. The van der Waals surface area contributed by atoms with Crippen molar-refractivity contribution in [1.82, 2.24) is 0 Å². The van der Waals surface area contributed by atoms with Crippen molar-refractivity contribution in [3.63, 3.8) is 0 Å². The zero-order valence-electron chi connectivity index (χ0n) is 9.95. The highest BCUT2D eigenvalue weighted by atomic mass is 79.9. The molecular formula is C13H8BrNO5. The maximum Gasteiger partial charge on any atom is 0.335 e. The van der Waals surface area contributed by atoms with Gasteiger partial charge in [0.15, 0.2) is 0 Å². The largest absolute Gasteiger partial charge is 0.478 e. The van der Waals surface area contributed by atoms with Gasteiger partial charge in [0.1, 0.15) is 5.75 Å². The van der Waals surface area contributed by atoms with Gasteiger partial charge in [-0.1, -0.05) is 22.0 Å². The summed E-state index contributed by atoms with van der Waals surface area (Å²) >= 11 is 3.25. The summed E-state index contributed by atoms with van der Waals surface area (Å²) in [4.78, 5) is 21.2. The van der Waals surface area contributed by atoms with Gasteiger partial charge in [0, 0.05) is 16.6 Å². The Morgan fingerprint density at radius 1 is 1.25 bits per heavy atom. The standard InChI is InChI=1S/C13H8BrNO5/c14-9-2-1-3-10(7-9)20-12-6-8(13(16)17)4-5-11(12)15(18)19/h1-7H,(H,16,17). The molecule has 0 aliphatic rings. The molecule has 0 fully saturated rings. The van der Waals surface area contributed by atoms with E-state index >= 15 is 0 Å². The van der Waals surface area contributed by atoms with Crippen molar-refractivity contribution in [2.75, 3.05) is 0 Å². The van der Waals surface area contributed by atoms with Crippen LogP contribution in [0.3, 0.4) is 0 Å². The summed E-state index contributed by atoms with van der Waals surface area (Å²) in [5.41, 5.74) is -0.379. The molecule has 7 heteroatoms. The summed E-state index contributed by atoms with van der Waals surface area (Å²) in [6.45, 7) is 0. The molecular weight excluding hydrogens is 330 g/mol. The van der Waals surface area contributed by atoms with E-state index in [1.807, 2.05) is 0 Å². The summed E-state index contributed by atoms with van der Waals surface area (Å²) < 4.78 is 6.15. The Hall–Kier alpha value is -2.41. The number of hydrogen-bond acceptors (Lipinski definition) is 4. The first-order valence-electron chi connectivity index (χ1n) is 5.42. The van der Waals surface area contributed by atoms with E-state index in [9.17, 15) is 14.9 Å². The molecule has 0 unspecified atom stereocenters. The number of nitro benzene ring substituents is 1. The molecule has 0 saturated heterocycles. The van der Waals surface area contributed by atoms with Gasteiger partial charge < -0.3 is 9.84 Å². The molecule has 1 N–H and O–H groups in total. The summed E-state index contributed by atoms with van der Waals surface area (Å²) in [5.74, 6) is -0.933. The fraction of sp³-hybridized carbons (Fsp3) is 0. The average molecular weight is 338 g/mol. The van der Waals surface area contributed by atoms with Crippen molar-refractivity contribution in [2.45, 2.75) is 0 Å². The second-order valence-electron chi connectivity index (χ2n) is 3.80. The lowest BCUT2D eigenvalue weighted by Gasteiger charge is -2.07. The molecule has 6 nitrogen and oxygen atoms in total. The number of carboxylic acids is 1. The number of ether oxygens (including phenoxy) is 1. The van der Waals surface area contributed by atoms with Crippen LogP contribution >= 0.6 is 15.9 Å². The molecule has 0 amide bonds. The van der Waals surface area contributed by atoms with Gasteiger partial charge in [0.05, 0.1) is 10.5 Å². The molecule has 0 spiro atoms. The van der Waals surface area contributed by atoms with Gasteiger partial charge in [-0.3, -0.25) is 10.1 Å². The van der Waals surface area contributed by atoms with Crippen molar-refractivity contribution in [1.29, 1.82) is 0 Å². The minimum Gasteiger partial charge on any atom is -0.478 e. The number of carbonyl (C=O) groups is 1. The fourth-order valence-electron chi connectivity index (χ4n) is 1.54. The van der Waals surface area contributed by atoms with Crippen molar-refractivity contribution in [3.8, 4) is 11.5 Å². The summed E-state index contributed by atoms with van der Waals surface area (Å²) in [6, 6.07) is 10.1. The maximum absolute atomic E-state index is 10.9. The Bertz CT molecular complexity index is 686. The van der Waals surface area contributed by atoms with Gasteiger partial charge in [0.2, 0.25) is 5.75 Å². The first kappa shape index (κ1) is 14.0. The van der Waals surface area contributed by atoms with Crippen molar-refractivity contribution in [3.05, 3.63) is 62.6 Å². The number of hydrogen-bond donors (Lipinski definition) is 1. The van der Waals surface area contributed by atoms with Crippen molar-refractivity contribution in [2.24, 2.45) is 0 Å². The molecule has 0 aliphatic heterocycles. The lowest BCUT2D eigenvalue weighted by molar-refractivity contribution is -0.385. The van der Waals surface area contributed by atoms with E-state index in [0.717, 1.165) is 22.7 Å². The Labute approximate surface area is 121 Å². The van der Waals surface area contributed by atoms with Crippen LogP contribution < -0.4 is 4.74 Å². The highest BCUT2D eigenvalue weighted by Gasteiger charge is 2.18. The number of halogens is 1. The normalized spacial score (nSPS) is 10.1. The molecule has 20 heavy (non-hydrogen) atoms. The second-order valence-corrected chi connectivity index (χ2v) is 4.72. The molecule has 2 aromatic rings. The van der Waals surface area contributed by atoms with Gasteiger partial charge in [0.25, 0.3) is 0 Å². The number of carboxylic acid groups (broad SMARTS) is 1. The van der Waals surface area contributed by atoms with Gasteiger partial charge >= 0.3 is 11.7 Å². The van der Waals surface area contributed by atoms with Gasteiger partial charge in [-0.05, 0) is 24.3 Å². The van der Waals surface area contributed by atoms with Crippen LogP contribution in [-0.2, 0) is 0 Å². The van der Waals surface area contributed by atoms with Crippen LogP contribution in [0.5, 0.6) is 11.5 Å². The van der Waals surface area contributed by atoms with E-state index in [1.165, 1.54) is 0 Å². The molecule has 0 heterocycles. The first-order valence-corrected chi connectivity index (χ1v) is 6.22. The van der Waals surface area contributed by atoms with Crippen LogP contribution in [0.15, 0.2) is 46.9 Å². The molecule has 2 aromatic carbocycles. The number of aromatic carboxylic acids is 1. The quantitative estimate of drug-likeness (QED) is 0.676. The van der Waals surface area contributed by atoms with E-state index in [4.69, 9.17) is 9.84 Å². The molecule has 2 rings (SSSR count). The summed E-state index contributed by atoms with van der Waals surface area (Å²) in [5, 5.41) is 19.8. The number of benzene rings is 2. The number of nitro groups is 1. The predicted molar refractivity (Wildman–Crippen MR) is 74.3 cm³/mol. The molecule has 0 bridgehead atoms. The highest BCUT2D eigenvalue weighted by molar-refractivity contribution is 9.10. The number of rotatable bonds is 4. The van der Waals surface area contributed by atoms with E-state index in [1.54, 1.807) is 24.3 Å². The van der Waals surface area contributed by atoms with E-state index in [-0.39, 0.29) is 17.0 Å². The summed E-state index contributed by atoms with van der Waals surface area (Å²) in [7, 11) is 0. The van der Waals surface area contributed by atoms with E-state index in [0.29, 0.717) is 5.75 Å². The van der Waals surface area contributed by atoms with Crippen molar-refractivity contribution >= 4 is 27.6 Å². The SMILES string of the molecule is O=C(O)c1ccc([N+](=O)[O-])c(Oc2cccc(Br)c2)c1. The average Bonchev–Trinajstić information content (AvgIpc) is 2.38. The Morgan fingerprint density at radius 3 is 2.60 bits per heavy atom. The zero-order chi connectivity index (χ0) is 14.7. The minimum atomic E-state index is -1.18. The van der Waals surface area contributed by atoms with Crippen LogP contribution in [0.2, 0.25) is 0 Å². The van der Waals surface area contributed by atoms with Crippen LogP contribution in [-0.4, -0.2) is 16.0 Å². The molecule has 0 aliphatic carbocycles. The third-order valence-corrected chi connectivity index (χ3v) is 2.92. The van der Waals surface area contributed by atoms with Gasteiger partial charge in [-0.2, -0.15) is 0 Å². The van der Waals surface area contributed by atoms with Crippen LogP contribution in [0.1, 0.15) is 10.4 Å². The fourth-order valence-corrected chi connectivity index (χ4v) is 1.92.